The molecule has 0 N–H and O–H groups in total. The van der Waals surface area contributed by atoms with E-state index in [1.54, 1.807) is 6.92 Å². The quantitative estimate of drug-likeness (QED) is 0.679. The highest BCUT2D eigenvalue weighted by Gasteiger charge is 2.26. The molecule has 0 saturated heterocycles. The minimum absolute atomic E-state index is 0.0208. The van der Waals surface area contributed by atoms with Crippen LogP contribution in [-0.4, -0.2) is 17.3 Å². The summed E-state index contributed by atoms with van der Waals surface area (Å²) in [7, 11) is 0. The third-order valence-electron chi connectivity index (χ3n) is 0.926. The zero-order valence-corrected chi connectivity index (χ0v) is 7.61. The molecule has 0 aromatic heterocycles. The van der Waals surface area contributed by atoms with E-state index in [2.05, 4.69) is 4.85 Å². The summed E-state index contributed by atoms with van der Waals surface area (Å²) in [6.07, 6.45) is -4.90. The van der Waals surface area contributed by atoms with E-state index in [9.17, 15) is 13.2 Å². The van der Waals surface area contributed by atoms with E-state index in [0.717, 1.165) is 11.8 Å². The van der Waals surface area contributed by atoms with Gasteiger partial charge in [0.1, 0.15) is 0 Å². The van der Waals surface area contributed by atoms with Gasteiger partial charge < -0.3 is 4.85 Å². The fraction of sp³-hybridized carbons (Fsp3) is 0.833. The molecule has 0 aliphatic rings. The van der Waals surface area contributed by atoms with Crippen LogP contribution in [-0.2, 0) is 0 Å². The van der Waals surface area contributed by atoms with E-state index >= 15 is 0 Å². The zero-order valence-electron chi connectivity index (χ0n) is 6.80. The lowest BCUT2D eigenvalue weighted by Gasteiger charge is -2.04. The molecule has 0 fully saturated rings. The van der Waals surface area contributed by atoms with Crippen molar-refractivity contribution in [1.29, 1.82) is 0 Å². The molecule has 0 aliphatic heterocycles. The predicted molar refractivity (Wildman–Crippen MR) is 45.9 cm³/mol. The van der Waals surface area contributed by atoms with E-state index in [-0.39, 0.29) is 11.1 Å². The number of rotatable bonds is 3. The Morgan fingerprint density at radius 1 is 1.46 bits per heavy atom. The molecular weight excluding hydrogens is 207 g/mol. The summed E-state index contributed by atoms with van der Waals surface area (Å²) in [6, 6.07) is 0. The van der Waals surface area contributed by atoms with Gasteiger partial charge in [-0.3, -0.25) is 0 Å². The lowest BCUT2D eigenvalue weighted by atomic mass is 10.5. The molecule has 76 valence electrons. The van der Waals surface area contributed by atoms with Crippen LogP contribution >= 0.6 is 11.8 Å². The summed E-state index contributed by atoms with van der Waals surface area (Å²) in [6.45, 7) is 8.06. The maximum atomic E-state index is 11.5. The first-order valence-corrected chi connectivity index (χ1v) is 4.22. The number of alkyl halides is 3. The van der Waals surface area contributed by atoms with Crippen molar-refractivity contribution in [3.63, 3.8) is 0 Å². The molecule has 0 bridgehead atoms. The summed E-state index contributed by atoms with van der Waals surface area (Å²) in [5.74, 6) is -0.0208. The number of hydrogen-bond donors (Lipinski definition) is 0. The molecule has 0 rings (SSSR count). The van der Waals surface area contributed by atoms with Crippen LogP contribution in [0.25, 0.3) is 4.85 Å². The van der Waals surface area contributed by atoms with Crippen molar-refractivity contribution in [2.75, 3.05) is 5.75 Å². The second-order valence-corrected chi connectivity index (χ2v) is 3.39. The monoisotopic (exact) mass is 215 g/mol. The molecule has 0 heterocycles. The van der Waals surface area contributed by atoms with Gasteiger partial charge in [0.25, 0.3) is 5.37 Å². The van der Waals surface area contributed by atoms with Gasteiger partial charge in [-0.05, 0) is 0 Å². The fourth-order valence-electron chi connectivity index (χ4n) is 0.382. The van der Waals surface area contributed by atoms with Gasteiger partial charge in [0, 0.05) is 22.6 Å². The van der Waals surface area contributed by atoms with E-state index in [1.165, 1.54) is 0 Å². The molecule has 0 spiro atoms. The molecule has 13 heavy (non-hydrogen) atoms. The molecule has 0 aliphatic carbocycles. The number of nitrogens with zero attached hydrogens (tertiary/aromatic N) is 1. The summed E-state index contributed by atoms with van der Waals surface area (Å²) in [5, 5.41) is -0.364. The molecule has 0 saturated carbocycles. The van der Waals surface area contributed by atoms with Crippen LogP contribution in [0.3, 0.4) is 0 Å². The third-order valence-corrected chi connectivity index (χ3v) is 1.95. The number of hydrogen-bond acceptors (Lipinski definition) is 3. The Balaban J connectivity index is 0. The molecule has 1 unspecified atom stereocenters. The first kappa shape index (κ1) is 14.7. The highest BCUT2D eigenvalue weighted by atomic mass is 32.2. The Morgan fingerprint density at radius 2 is 1.92 bits per heavy atom. The van der Waals surface area contributed by atoms with Crippen molar-refractivity contribution in [3.05, 3.63) is 21.3 Å². The number of thioether (sulfide) groups is 1. The smallest absolute Gasteiger partial charge is 0.302 e. The Labute approximate surface area is 77.7 Å². The highest BCUT2D eigenvalue weighted by Crippen LogP contribution is 2.23. The average Bonchev–Trinajstić information content (AvgIpc) is 2.05. The normalized spacial score (nSPS) is 12.2. The van der Waals surface area contributed by atoms with Crippen molar-refractivity contribution < 1.29 is 13.2 Å². The maximum Gasteiger partial charge on any atom is 0.389 e. The standard InChI is InChI=1S/C6H8F3NS.O2/c1-5(10-2)11-4-3-6(7,8)9;1-2/h5H,3-4H2,1H3;. The highest BCUT2D eigenvalue weighted by molar-refractivity contribution is 7.99. The summed E-state index contributed by atoms with van der Waals surface area (Å²) in [5.41, 5.74) is 0. The van der Waals surface area contributed by atoms with Gasteiger partial charge in [-0.25, -0.2) is 6.57 Å². The SMILES string of the molecule is O=O.[C-]#[N+]C(C)SCCC(F)(F)F. The van der Waals surface area contributed by atoms with Gasteiger partial charge in [0.15, 0.2) is 0 Å². The van der Waals surface area contributed by atoms with Crippen LogP contribution in [0.2, 0.25) is 0 Å². The maximum absolute atomic E-state index is 11.5. The average molecular weight is 215 g/mol. The van der Waals surface area contributed by atoms with Crippen LogP contribution < -0.4 is 0 Å². The van der Waals surface area contributed by atoms with Crippen LogP contribution in [0.4, 0.5) is 13.2 Å². The third kappa shape index (κ3) is 14.1. The van der Waals surface area contributed by atoms with E-state index in [1.807, 2.05) is 0 Å². The van der Waals surface area contributed by atoms with Gasteiger partial charge in [-0.1, -0.05) is 11.8 Å². The largest absolute Gasteiger partial charge is 0.389 e. The minimum atomic E-state index is -4.09. The molecule has 0 amide bonds. The van der Waals surface area contributed by atoms with E-state index in [0.29, 0.717) is 0 Å². The molecule has 7 heteroatoms. The molecular formula is C6H8F3NO2S. The lowest BCUT2D eigenvalue weighted by molar-refractivity contribution is -0.129. The van der Waals surface area contributed by atoms with Crippen molar-refractivity contribution in [2.24, 2.45) is 0 Å². The van der Waals surface area contributed by atoms with Crippen molar-refractivity contribution in [1.82, 2.24) is 0 Å². The second-order valence-electron chi connectivity index (χ2n) is 1.96. The topological polar surface area (TPSA) is 38.5 Å². The Bertz CT molecular complexity index is 168. The van der Waals surface area contributed by atoms with Crippen LogP contribution in [0.5, 0.6) is 0 Å². The van der Waals surface area contributed by atoms with Crippen LogP contribution in [0, 0.1) is 16.5 Å². The van der Waals surface area contributed by atoms with Gasteiger partial charge in [-0.2, -0.15) is 13.2 Å². The molecule has 0 aromatic carbocycles. The summed E-state index contributed by atoms with van der Waals surface area (Å²) in [4.78, 5) is 17.1. The van der Waals surface area contributed by atoms with Gasteiger partial charge in [0.2, 0.25) is 0 Å². The first-order chi connectivity index (χ1) is 5.95. The molecule has 3 nitrogen and oxygen atoms in total. The number of halogens is 3. The molecule has 0 radical (unpaired) electrons. The van der Waals surface area contributed by atoms with Crippen molar-refractivity contribution in [2.45, 2.75) is 24.9 Å². The van der Waals surface area contributed by atoms with Gasteiger partial charge in [0.05, 0.1) is 6.42 Å². The Morgan fingerprint density at radius 3 is 2.23 bits per heavy atom. The van der Waals surface area contributed by atoms with Crippen molar-refractivity contribution in [3.8, 4) is 0 Å². The van der Waals surface area contributed by atoms with E-state index < -0.39 is 12.6 Å². The van der Waals surface area contributed by atoms with Crippen LogP contribution in [0.1, 0.15) is 13.3 Å². The van der Waals surface area contributed by atoms with Crippen LogP contribution in [0.15, 0.2) is 0 Å². The van der Waals surface area contributed by atoms with Gasteiger partial charge in [-0.15, -0.1) is 0 Å². The van der Waals surface area contributed by atoms with E-state index in [4.69, 9.17) is 16.5 Å². The molecule has 0 aromatic rings. The predicted octanol–water partition coefficient (Wildman–Crippen LogP) is 3.00. The lowest BCUT2D eigenvalue weighted by Crippen LogP contribution is -2.09. The summed E-state index contributed by atoms with van der Waals surface area (Å²) < 4.78 is 34.6. The first-order valence-electron chi connectivity index (χ1n) is 3.17. The Kier molecular flexibility index (Phi) is 8.91. The molecule has 1 atom stereocenters. The van der Waals surface area contributed by atoms with Crippen molar-refractivity contribution >= 4 is 11.8 Å². The van der Waals surface area contributed by atoms with Gasteiger partial charge >= 0.3 is 6.18 Å². The zero-order chi connectivity index (χ0) is 10.9. The minimum Gasteiger partial charge on any atom is -0.302 e. The summed E-state index contributed by atoms with van der Waals surface area (Å²) >= 11 is 1.03. The Hall–Kier alpha value is -0.770. The second kappa shape index (κ2) is 7.86. The fourth-order valence-corrected chi connectivity index (χ4v) is 1.15.